The van der Waals surface area contributed by atoms with E-state index in [1.54, 1.807) is 11.9 Å². The molecule has 0 aromatic heterocycles. The number of ether oxygens (including phenoxy) is 3. The average molecular weight is 313 g/mol. The van der Waals surface area contributed by atoms with Gasteiger partial charge in [0.25, 0.3) is 5.91 Å². The zero-order valence-electron chi connectivity index (χ0n) is 13.0. The predicted octanol–water partition coefficient (Wildman–Crippen LogP) is 2.50. The van der Waals surface area contributed by atoms with Crippen molar-refractivity contribution < 1.29 is 19.0 Å². The molecule has 1 aliphatic heterocycles. The Balaban J connectivity index is 1.55. The third-order valence-corrected chi connectivity index (χ3v) is 3.56. The Morgan fingerprint density at radius 2 is 1.83 bits per heavy atom. The second kappa shape index (κ2) is 7.05. The minimum atomic E-state index is -0.0799. The summed E-state index contributed by atoms with van der Waals surface area (Å²) >= 11 is 0. The van der Waals surface area contributed by atoms with Gasteiger partial charge in [0.15, 0.2) is 18.1 Å². The van der Waals surface area contributed by atoms with Crippen LogP contribution in [0.25, 0.3) is 0 Å². The van der Waals surface area contributed by atoms with Crippen LogP contribution in [0, 0.1) is 0 Å². The lowest BCUT2D eigenvalue weighted by Crippen LogP contribution is -2.31. The summed E-state index contributed by atoms with van der Waals surface area (Å²) in [4.78, 5) is 13.8. The molecule has 23 heavy (non-hydrogen) atoms. The van der Waals surface area contributed by atoms with E-state index >= 15 is 0 Å². The molecule has 1 amide bonds. The highest BCUT2D eigenvalue weighted by atomic mass is 16.6. The second-order valence-electron chi connectivity index (χ2n) is 5.33. The molecule has 0 fully saturated rings. The molecule has 0 spiro atoms. The molecule has 1 aliphatic rings. The lowest BCUT2D eigenvalue weighted by Gasteiger charge is -2.21. The van der Waals surface area contributed by atoms with Crippen molar-refractivity contribution in [1.29, 1.82) is 0 Å². The number of nitrogens with zero attached hydrogens (tertiary/aromatic N) is 1. The van der Waals surface area contributed by atoms with Crippen molar-refractivity contribution in [2.24, 2.45) is 0 Å². The van der Waals surface area contributed by atoms with E-state index < -0.39 is 0 Å². The van der Waals surface area contributed by atoms with Gasteiger partial charge >= 0.3 is 0 Å². The Kier molecular flexibility index (Phi) is 4.66. The molecule has 0 atom stereocenters. The van der Waals surface area contributed by atoms with Crippen LogP contribution < -0.4 is 14.2 Å². The summed E-state index contributed by atoms with van der Waals surface area (Å²) < 4.78 is 16.5. The van der Waals surface area contributed by atoms with Crippen molar-refractivity contribution in [2.45, 2.75) is 6.54 Å². The Bertz CT molecular complexity index is 672. The summed E-state index contributed by atoms with van der Waals surface area (Å²) in [6.07, 6.45) is 0. The topological polar surface area (TPSA) is 48.0 Å². The minimum absolute atomic E-state index is 0.0189. The lowest BCUT2D eigenvalue weighted by molar-refractivity contribution is -0.132. The van der Waals surface area contributed by atoms with Crippen LogP contribution in [0.3, 0.4) is 0 Å². The number of fused-ring (bicyclic) bond motifs is 1. The zero-order chi connectivity index (χ0) is 16.1. The molecule has 0 bridgehead atoms. The lowest BCUT2D eigenvalue weighted by atomic mass is 10.2. The predicted molar refractivity (Wildman–Crippen MR) is 85.8 cm³/mol. The van der Waals surface area contributed by atoms with Gasteiger partial charge in [0.1, 0.15) is 19.0 Å². The Labute approximate surface area is 135 Å². The normalized spacial score (nSPS) is 12.6. The third kappa shape index (κ3) is 3.94. The van der Waals surface area contributed by atoms with E-state index in [1.165, 1.54) is 0 Å². The number of rotatable bonds is 5. The largest absolute Gasteiger partial charge is 0.486 e. The smallest absolute Gasteiger partial charge is 0.260 e. The number of hydrogen-bond acceptors (Lipinski definition) is 4. The maximum atomic E-state index is 12.2. The van der Waals surface area contributed by atoms with E-state index in [0.717, 1.165) is 17.1 Å². The van der Waals surface area contributed by atoms with Gasteiger partial charge < -0.3 is 19.1 Å². The molecule has 5 heteroatoms. The first-order valence-corrected chi connectivity index (χ1v) is 7.53. The molecule has 0 N–H and O–H groups in total. The van der Waals surface area contributed by atoms with Gasteiger partial charge in [-0.15, -0.1) is 0 Å². The highest BCUT2D eigenvalue weighted by molar-refractivity contribution is 5.77. The van der Waals surface area contributed by atoms with Crippen LogP contribution in [0.2, 0.25) is 0 Å². The van der Waals surface area contributed by atoms with Gasteiger partial charge in [-0.1, -0.05) is 24.3 Å². The Morgan fingerprint density at radius 3 is 2.61 bits per heavy atom. The van der Waals surface area contributed by atoms with Crippen LogP contribution in [-0.4, -0.2) is 37.7 Å². The number of carbonyl (C=O) groups is 1. The van der Waals surface area contributed by atoms with E-state index in [9.17, 15) is 4.79 Å². The first-order chi connectivity index (χ1) is 11.2. The second-order valence-corrected chi connectivity index (χ2v) is 5.33. The summed E-state index contributed by atoms with van der Waals surface area (Å²) in [6, 6.07) is 15.0. The monoisotopic (exact) mass is 313 g/mol. The first-order valence-electron chi connectivity index (χ1n) is 7.53. The molecule has 2 aromatic carbocycles. The molecule has 0 saturated carbocycles. The van der Waals surface area contributed by atoms with Crippen LogP contribution in [0.5, 0.6) is 17.2 Å². The number of amides is 1. The molecule has 2 aromatic rings. The van der Waals surface area contributed by atoms with E-state index in [-0.39, 0.29) is 12.5 Å². The van der Waals surface area contributed by atoms with Crippen molar-refractivity contribution in [2.75, 3.05) is 26.9 Å². The van der Waals surface area contributed by atoms with Crippen LogP contribution in [0.1, 0.15) is 5.56 Å². The molecule has 3 rings (SSSR count). The summed E-state index contributed by atoms with van der Waals surface area (Å²) in [5.74, 6) is 2.09. The number of likely N-dealkylation sites (N-methyl/N-ethyl adjacent to an activating group) is 1. The molecule has 0 saturated heterocycles. The van der Waals surface area contributed by atoms with Crippen molar-refractivity contribution in [3.05, 3.63) is 54.1 Å². The van der Waals surface area contributed by atoms with Crippen LogP contribution in [-0.2, 0) is 11.3 Å². The van der Waals surface area contributed by atoms with E-state index in [4.69, 9.17) is 14.2 Å². The van der Waals surface area contributed by atoms with Gasteiger partial charge in [0.2, 0.25) is 0 Å². The standard InChI is InChI=1S/C18H19NO4/c1-19(18(20)13-23-15-5-3-2-4-6-15)12-14-7-8-16-17(11-14)22-10-9-21-16/h2-8,11H,9-10,12-13H2,1H3. The fourth-order valence-electron chi connectivity index (χ4n) is 2.32. The number of carbonyl (C=O) groups excluding carboxylic acids is 1. The Hall–Kier alpha value is -2.69. The first kappa shape index (κ1) is 15.2. The summed E-state index contributed by atoms with van der Waals surface area (Å²) in [5, 5.41) is 0. The van der Waals surface area contributed by atoms with Crippen LogP contribution in [0.15, 0.2) is 48.5 Å². The highest BCUT2D eigenvalue weighted by Gasteiger charge is 2.14. The SMILES string of the molecule is CN(Cc1ccc2c(c1)OCCO2)C(=O)COc1ccccc1. The van der Waals surface area contributed by atoms with E-state index in [1.807, 2.05) is 48.5 Å². The Morgan fingerprint density at radius 1 is 1.09 bits per heavy atom. The van der Waals surface area contributed by atoms with E-state index in [0.29, 0.717) is 25.5 Å². The number of hydrogen-bond donors (Lipinski definition) is 0. The molecule has 0 radical (unpaired) electrons. The van der Waals surface area contributed by atoms with Gasteiger partial charge in [-0.25, -0.2) is 0 Å². The van der Waals surface area contributed by atoms with Crippen molar-refractivity contribution in [3.8, 4) is 17.2 Å². The van der Waals surface area contributed by atoms with Gasteiger partial charge in [0, 0.05) is 13.6 Å². The minimum Gasteiger partial charge on any atom is -0.486 e. The maximum Gasteiger partial charge on any atom is 0.260 e. The molecule has 1 heterocycles. The molecular weight excluding hydrogens is 294 g/mol. The number of para-hydroxylation sites is 1. The van der Waals surface area contributed by atoms with Crippen molar-refractivity contribution in [1.82, 2.24) is 4.90 Å². The highest BCUT2D eigenvalue weighted by Crippen LogP contribution is 2.31. The molecular formula is C18H19NO4. The van der Waals surface area contributed by atoms with Gasteiger partial charge in [-0.3, -0.25) is 4.79 Å². The van der Waals surface area contributed by atoms with Crippen LogP contribution >= 0.6 is 0 Å². The average Bonchev–Trinajstić information content (AvgIpc) is 2.60. The van der Waals surface area contributed by atoms with Crippen molar-refractivity contribution >= 4 is 5.91 Å². The molecule has 120 valence electrons. The number of benzene rings is 2. The third-order valence-electron chi connectivity index (χ3n) is 3.56. The quantitative estimate of drug-likeness (QED) is 0.851. The molecule has 5 nitrogen and oxygen atoms in total. The molecule has 0 unspecified atom stereocenters. The summed E-state index contributed by atoms with van der Waals surface area (Å²) in [5.41, 5.74) is 0.991. The zero-order valence-corrected chi connectivity index (χ0v) is 13.0. The van der Waals surface area contributed by atoms with Crippen molar-refractivity contribution in [3.63, 3.8) is 0 Å². The van der Waals surface area contributed by atoms with Gasteiger partial charge in [0.05, 0.1) is 0 Å². The van der Waals surface area contributed by atoms with Gasteiger partial charge in [-0.05, 0) is 29.8 Å². The maximum absolute atomic E-state index is 12.2. The van der Waals surface area contributed by atoms with Gasteiger partial charge in [-0.2, -0.15) is 0 Å². The fraction of sp³-hybridized carbons (Fsp3) is 0.278. The molecule has 0 aliphatic carbocycles. The summed E-state index contributed by atoms with van der Waals surface area (Å²) in [6.45, 7) is 1.64. The van der Waals surface area contributed by atoms with Crippen LogP contribution in [0.4, 0.5) is 0 Å². The summed E-state index contributed by atoms with van der Waals surface area (Å²) in [7, 11) is 1.76. The van der Waals surface area contributed by atoms with E-state index in [2.05, 4.69) is 0 Å². The fourth-order valence-corrected chi connectivity index (χ4v) is 2.32.